The monoisotopic (exact) mass is 548 g/mol. The van der Waals surface area contributed by atoms with E-state index in [2.05, 4.69) is 11.9 Å². The van der Waals surface area contributed by atoms with Gasteiger partial charge in [0, 0.05) is 65.9 Å². The number of hydrogen-bond donors (Lipinski definition) is 2. The highest BCUT2D eigenvalue weighted by atomic mass is 32.2. The molecular weight excluding hydrogens is 518 g/mol. The summed E-state index contributed by atoms with van der Waals surface area (Å²) in [7, 11) is 4.21. The topological polar surface area (TPSA) is 120 Å². The summed E-state index contributed by atoms with van der Waals surface area (Å²) in [6, 6.07) is 15.9. The zero-order chi connectivity index (χ0) is 28.5. The van der Waals surface area contributed by atoms with Crippen LogP contribution in [0.15, 0.2) is 71.0 Å². The molecule has 1 aliphatic carbocycles. The van der Waals surface area contributed by atoms with Gasteiger partial charge in [0.1, 0.15) is 25.4 Å². The molecule has 10 heteroatoms. The fourth-order valence-corrected chi connectivity index (χ4v) is 4.84. The number of hydrogen-bond acceptors (Lipinski definition) is 6. The molecule has 1 heterocycles. The molecule has 2 aromatic carbocycles. The smallest absolute Gasteiger partial charge is 0.336 e. The number of aromatic carboxylic acids is 1. The lowest BCUT2D eigenvalue weighted by Crippen LogP contribution is -2.28. The van der Waals surface area contributed by atoms with E-state index in [1.165, 1.54) is 12.1 Å². The van der Waals surface area contributed by atoms with Gasteiger partial charge in [0.2, 0.25) is 5.36 Å². The van der Waals surface area contributed by atoms with Crippen LogP contribution in [0.4, 0.5) is 5.69 Å². The van der Waals surface area contributed by atoms with E-state index in [1.54, 1.807) is 6.07 Å². The van der Waals surface area contributed by atoms with Gasteiger partial charge in [-0.05, 0) is 35.9 Å². The second kappa shape index (κ2) is 10.7. The molecule has 202 valence electrons. The number of nitrogens with zero attached hydrogens (tertiary/aromatic N) is 2. The molecule has 0 spiro atoms. The fourth-order valence-electron chi connectivity index (χ4n) is 4.29. The van der Waals surface area contributed by atoms with Crippen LogP contribution in [-0.2, 0) is 9.84 Å². The van der Waals surface area contributed by atoms with Crippen molar-refractivity contribution in [2.75, 3.05) is 45.4 Å². The van der Waals surface area contributed by atoms with Crippen molar-refractivity contribution in [1.29, 1.82) is 0 Å². The number of carbonyl (C=O) groups is 2. The standard InChI is InChI=1S/C29H29N3O6S/c1-6-39(36,37)14-13-30-28(33)18-7-10-21(24(15-18)29(34)35)27-22-11-8-19(31(2)3)16-25(22)38-26-17-20(32(4)5)9-12-23(26)27/h6-12,15-17H,1,13-14H2,2-5H3,(H-,30,33,34,35)/p+1. The third kappa shape index (κ3) is 5.70. The molecule has 2 N–H and O–H groups in total. The summed E-state index contributed by atoms with van der Waals surface area (Å²) in [6.07, 6.45) is 0. The molecule has 0 unspecified atom stereocenters. The Hall–Kier alpha value is -4.44. The molecule has 2 aromatic rings. The zero-order valence-corrected chi connectivity index (χ0v) is 23.0. The minimum absolute atomic E-state index is 0.0662. The second-order valence-corrected chi connectivity index (χ2v) is 11.5. The summed E-state index contributed by atoms with van der Waals surface area (Å²) in [6.45, 7) is 3.12. The van der Waals surface area contributed by atoms with E-state index in [0.29, 0.717) is 22.5 Å². The minimum atomic E-state index is -3.48. The Balaban J connectivity index is 1.91. The van der Waals surface area contributed by atoms with Crippen LogP contribution in [0.1, 0.15) is 20.7 Å². The van der Waals surface area contributed by atoms with Crippen molar-refractivity contribution in [3.63, 3.8) is 0 Å². The molecule has 2 aliphatic rings. The van der Waals surface area contributed by atoms with Crippen LogP contribution in [0.25, 0.3) is 33.4 Å². The maximum absolute atomic E-state index is 12.7. The molecule has 0 fully saturated rings. The van der Waals surface area contributed by atoms with Gasteiger partial charge >= 0.3 is 5.97 Å². The van der Waals surface area contributed by atoms with Gasteiger partial charge in [0.25, 0.3) is 5.91 Å². The third-order valence-electron chi connectivity index (χ3n) is 6.43. The number of anilines is 1. The quantitative estimate of drug-likeness (QED) is 0.256. The first-order valence-electron chi connectivity index (χ1n) is 12.1. The van der Waals surface area contributed by atoms with Crippen molar-refractivity contribution >= 4 is 38.4 Å². The SMILES string of the molecule is C=CS(=O)(=O)CCNC(=O)c1ccc(-c2c3ccc(=[N+](C)C)cc-3oc3cc(N(C)C)ccc23)c(C(=O)O)c1. The summed E-state index contributed by atoms with van der Waals surface area (Å²) in [5, 5.41) is 15.2. The molecule has 9 nitrogen and oxygen atoms in total. The summed E-state index contributed by atoms with van der Waals surface area (Å²) >= 11 is 0. The van der Waals surface area contributed by atoms with Gasteiger partial charge in [0.15, 0.2) is 9.84 Å². The molecule has 0 saturated heterocycles. The molecular formula is C29H30N3O6S+. The number of rotatable bonds is 8. The molecule has 4 rings (SSSR count). The number of carboxylic acid groups (broad SMARTS) is 1. The van der Waals surface area contributed by atoms with Crippen LogP contribution in [0.2, 0.25) is 0 Å². The van der Waals surface area contributed by atoms with Gasteiger partial charge in [-0.1, -0.05) is 12.6 Å². The van der Waals surface area contributed by atoms with Crippen LogP contribution in [0, 0.1) is 0 Å². The van der Waals surface area contributed by atoms with Crippen LogP contribution in [0.5, 0.6) is 0 Å². The van der Waals surface area contributed by atoms with Crippen LogP contribution in [-0.4, -0.2) is 65.9 Å². The van der Waals surface area contributed by atoms with Gasteiger partial charge in [-0.15, -0.1) is 0 Å². The van der Waals surface area contributed by atoms with Gasteiger partial charge in [-0.25, -0.2) is 17.8 Å². The summed E-state index contributed by atoms with van der Waals surface area (Å²) in [4.78, 5) is 27.1. The molecule has 0 bridgehead atoms. The predicted molar refractivity (Wildman–Crippen MR) is 153 cm³/mol. The first-order valence-corrected chi connectivity index (χ1v) is 13.8. The molecule has 0 radical (unpaired) electrons. The molecule has 39 heavy (non-hydrogen) atoms. The Morgan fingerprint density at radius 2 is 1.77 bits per heavy atom. The largest absolute Gasteiger partial charge is 0.478 e. The molecule has 0 saturated carbocycles. The Bertz CT molecular complexity index is 1770. The van der Waals surface area contributed by atoms with E-state index >= 15 is 0 Å². The maximum atomic E-state index is 12.7. The molecule has 1 aliphatic heterocycles. The number of carbonyl (C=O) groups excluding carboxylic acids is 1. The normalized spacial score (nSPS) is 11.4. The van der Waals surface area contributed by atoms with Crippen molar-refractivity contribution in [2.45, 2.75) is 0 Å². The van der Waals surface area contributed by atoms with Crippen molar-refractivity contribution in [1.82, 2.24) is 9.89 Å². The lowest BCUT2D eigenvalue weighted by molar-refractivity contribution is 0.0697. The van der Waals surface area contributed by atoms with E-state index < -0.39 is 21.7 Å². The van der Waals surface area contributed by atoms with Gasteiger partial charge in [0.05, 0.1) is 17.4 Å². The van der Waals surface area contributed by atoms with Crippen molar-refractivity contribution in [3.8, 4) is 22.5 Å². The Labute approximate surface area is 226 Å². The first-order chi connectivity index (χ1) is 18.4. The van der Waals surface area contributed by atoms with E-state index in [4.69, 9.17) is 4.42 Å². The number of fused-ring (bicyclic) bond motifs is 2. The summed E-state index contributed by atoms with van der Waals surface area (Å²) in [5.74, 6) is -1.50. The van der Waals surface area contributed by atoms with E-state index in [9.17, 15) is 23.1 Å². The highest BCUT2D eigenvalue weighted by molar-refractivity contribution is 7.94. The van der Waals surface area contributed by atoms with E-state index in [1.807, 2.05) is 74.1 Å². The molecule has 0 atom stereocenters. The van der Waals surface area contributed by atoms with E-state index in [0.717, 1.165) is 27.4 Å². The van der Waals surface area contributed by atoms with Crippen molar-refractivity contribution < 1.29 is 27.5 Å². The van der Waals surface area contributed by atoms with Crippen molar-refractivity contribution in [2.24, 2.45) is 0 Å². The Morgan fingerprint density at radius 3 is 2.41 bits per heavy atom. The predicted octanol–water partition coefficient (Wildman–Crippen LogP) is 3.29. The number of carboxylic acids is 1. The Morgan fingerprint density at radius 1 is 1.05 bits per heavy atom. The lowest BCUT2D eigenvalue weighted by Gasteiger charge is -2.19. The van der Waals surface area contributed by atoms with Crippen molar-refractivity contribution in [3.05, 3.63) is 83.1 Å². The van der Waals surface area contributed by atoms with Crippen LogP contribution in [0.3, 0.4) is 0 Å². The van der Waals surface area contributed by atoms with Gasteiger partial charge in [-0.3, -0.25) is 4.79 Å². The van der Waals surface area contributed by atoms with E-state index in [-0.39, 0.29) is 23.4 Å². The second-order valence-electron chi connectivity index (χ2n) is 9.48. The number of amides is 1. The highest BCUT2D eigenvalue weighted by Crippen LogP contribution is 2.42. The zero-order valence-electron chi connectivity index (χ0n) is 22.2. The summed E-state index contributed by atoms with van der Waals surface area (Å²) in [5.41, 5.74) is 3.36. The molecule has 0 aromatic heterocycles. The average molecular weight is 549 g/mol. The van der Waals surface area contributed by atoms with Gasteiger partial charge in [-0.2, -0.15) is 0 Å². The highest BCUT2D eigenvalue weighted by Gasteiger charge is 2.23. The number of benzene rings is 3. The Kier molecular flexibility index (Phi) is 7.60. The average Bonchev–Trinajstić information content (AvgIpc) is 2.90. The number of nitrogens with one attached hydrogen (secondary N) is 1. The minimum Gasteiger partial charge on any atom is -0.478 e. The van der Waals surface area contributed by atoms with Crippen LogP contribution < -0.4 is 20.1 Å². The molecule has 1 amide bonds. The lowest BCUT2D eigenvalue weighted by atomic mass is 9.89. The van der Waals surface area contributed by atoms with Crippen LogP contribution >= 0.6 is 0 Å². The third-order valence-corrected chi connectivity index (χ3v) is 7.71. The van der Waals surface area contributed by atoms with Gasteiger partial charge < -0.3 is 19.7 Å². The number of sulfone groups is 1. The first kappa shape index (κ1) is 27.6. The summed E-state index contributed by atoms with van der Waals surface area (Å²) < 4.78 is 31.5. The fraction of sp³-hybridized carbons (Fsp3) is 0.207. The maximum Gasteiger partial charge on any atom is 0.336 e.